The molecule has 3 heterocycles. The van der Waals surface area contributed by atoms with Gasteiger partial charge in [0.15, 0.2) is 0 Å². The van der Waals surface area contributed by atoms with Crippen LogP contribution in [0.1, 0.15) is 25.8 Å². The molecule has 1 N–H and O–H groups in total. The maximum atomic E-state index is 6.27. The number of nitrogens with one attached hydrogen (secondary N) is 1. The average molecular weight is 420 g/mol. The van der Waals surface area contributed by atoms with E-state index in [9.17, 15) is 0 Å². The number of benzene rings is 1. The van der Waals surface area contributed by atoms with E-state index in [0.29, 0.717) is 5.15 Å². The Morgan fingerprint density at radius 1 is 1.20 bits per heavy atom. The summed E-state index contributed by atoms with van der Waals surface area (Å²) in [6.07, 6.45) is 7.83. The Kier molecular flexibility index (Phi) is 4.79. The van der Waals surface area contributed by atoms with Crippen molar-refractivity contribution < 1.29 is 4.74 Å². The van der Waals surface area contributed by atoms with Crippen molar-refractivity contribution in [3.05, 3.63) is 65.7 Å². The molecule has 4 aromatic rings. The SMILES string of the molecule is CNc1ccc2ccc(OC(C)C3=CC(n4ccc5c(Cl)ncnc54)CC3)cc2n1. The van der Waals surface area contributed by atoms with Crippen molar-refractivity contribution in [3.63, 3.8) is 0 Å². The van der Waals surface area contributed by atoms with Crippen LogP contribution in [0.2, 0.25) is 5.15 Å². The molecule has 0 fully saturated rings. The summed E-state index contributed by atoms with van der Waals surface area (Å²) in [7, 11) is 1.87. The van der Waals surface area contributed by atoms with Crippen LogP contribution in [-0.4, -0.2) is 32.7 Å². The van der Waals surface area contributed by atoms with E-state index in [4.69, 9.17) is 16.3 Å². The first-order valence-corrected chi connectivity index (χ1v) is 10.4. The van der Waals surface area contributed by atoms with Gasteiger partial charge in [-0.25, -0.2) is 15.0 Å². The third-order valence-corrected chi connectivity index (χ3v) is 6.01. The largest absolute Gasteiger partial charge is 0.486 e. The first-order valence-electron chi connectivity index (χ1n) is 10.1. The van der Waals surface area contributed by atoms with E-state index in [1.54, 1.807) is 0 Å². The molecular weight excluding hydrogens is 398 g/mol. The van der Waals surface area contributed by atoms with Crippen molar-refractivity contribution >= 4 is 39.4 Å². The van der Waals surface area contributed by atoms with Crippen LogP contribution in [0.4, 0.5) is 5.82 Å². The van der Waals surface area contributed by atoms with E-state index in [1.807, 2.05) is 43.6 Å². The Morgan fingerprint density at radius 2 is 2.07 bits per heavy atom. The van der Waals surface area contributed by atoms with Crippen LogP contribution in [0.25, 0.3) is 21.9 Å². The molecule has 30 heavy (non-hydrogen) atoms. The number of fused-ring (bicyclic) bond motifs is 2. The van der Waals surface area contributed by atoms with Crippen molar-refractivity contribution in [2.75, 3.05) is 12.4 Å². The molecule has 5 rings (SSSR count). The lowest BCUT2D eigenvalue weighted by molar-refractivity contribution is 0.254. The zero-order valence-electron chi connectivity index (χ0n) is 16.8. The van der Waals surface area contributed by atoms with Gasteiger partial charge < -0.3 is 14.6 Å². The lowest BCUT2D eigenvalue weighted by Crippen LogP contribution is -2.13. The molecule has 1 aliphatic rings. The standard InChI is InChI=1S/C23H22ClN5O/c1-14(30-18-7-4-15-5-8-21(25-2)28-20(15)12-18)16-3-6-17(11-16)29-10-9-19-22(24)26-13-27-23(19)29/h4-5,7-14,17H,3,6H2,1-2H3,(H,25,28). The summed E-state index contributed by atoms with van der Waals surface area (Å²) in [4.78, 5) is 13.1. The summed E-state index contributed by atoms with van der Waals surface area (Å²) in [5.74, 6) is 1.67. The Bertz CT molecular complexity index is 1270. The van der Waals surface area contributed by atoms with Gasteiger partial charge >= 0.3 is 0 Å². The van der Waals surface area contributed by atoms with Gasteiger partial charge in [0, 0.05) is 24.7 Å². The third-order valence-electron chi connectivity index (χ3n) is 5.71. The minimum Gasteiger partial charge on any atom is -0.486 e. The first kappa shape index (κ1) is 18.9. The summed E-state index contributed by atoms with van der Waals surface area (Å²) in [5.41, 5.74) is 3.08. The third kappa shape index (κ3) is 3.37. The number of allylic oxidation sites excluding steroid dienone is 1. The van der Waals surface area contributed by atoms with Crippen molar-refractivity contribution in [1.29, 1.82) is 0 Å². The van der Waals surface area contributed by atoms with Gasteiger partial charge in [-0.15, -0.1) is 0 Å². The van der Waals surface area contributed by atoms with Crippen LogP contribution in [0.5, 0.6) is 5.75 Å². The molecule has 0 amide bonds. The minimum absolute atomic E-state index is 0.0139. The highest BCUT2D eigenvalue weighted by Gasteiger charge is 2.23. The van der Waals surface area contributed by atoms with Crippen LogP contribution in [-0.2, 0) is 0 Å². The summed E-state index contributed by atoms with van der Waals surface area (Å²) in [6.45, 7) is 2.10. The molecule has 3 aromatic heterocycles. The second-order valence-corrected chi connectivity index (χ2v) is 7.89. The van der Waals surface area contributed by atoms with Gasteiger partial charge in [-0.05, 0) is 55.7 Å². The fourth-order valence-corrected chi connectivity index (χ4v) is 4.27. The van der Waals surface area contributed by atoms with E-state index in [0.717, 1.165) is 46.3 Å². The molecule has 7 heteroatoms. The van der Waals surface area contributed by atoms with E-state index in [2.05, 4.69) is 43.9 Å². The van der Waals surface area contributed by atoms with Crippen molar-refractivity contribution in [2.45, 2.75) is 31.9 Å². The molecule has 2 atom stereocenters. The number of aromatic nitrogens is 4. The molecule has 0 bridgehead atoms. The van der Waals surface area contributed by atoms with E-state index in [-0.39, 0.29) is 12.1 Å². The zero-order chi connectivity index (χ0) is 20.7. The Balaban J connectivity index is 1.37. The Hall–Kier alpha value is -3.12. The fraction of sp³-hybridized carbons (Fsp3) is 0.261. The Labute approximate surface area is 179 Å². The molecular formula is C23H22ClN5O. The number of hydrogen-bond donors (Lipinski definition) is 1. The smallest absolute Gasteiger partial charge is 0.145 e. The van der Waals surface area contributed by atoms with Gasteiger partial charge in [0.1, 0.15) is 34.8 Å². The summed E-state index contributed by atoms with van der Waals surface area (Å²) < 4.78 is 8.44. The number of anilines is 1. The molecule has 0 saturated heterocycles. The monoisotopic (exact) mass is 419 g/mol. The van der Waals surface area contributed by atoms with Gasteiger partial charge in [-0.2, -0.15) is 0 Å². The number of ether oxygens (including phenoxy) is 1. The second kappa shape index (κ2) is 7.61. The number of hydrogen-bond acceptors (Lipinski definition) is 5. The highest BCUT2D eigenvalue weighted by molar-refractivity contribution is 6.33. The molecule has 2 unspecified atom stereocenters. The predicted molar refractivity (Wildman–Crippen MR) is 120 cm³/mol. The summed E-state index contributed by atoms with van der Waals surface area (Å²) >= 11 is 6.20. The molecule has 152 valence electrons. The van der Waals surface area contributed by atoms with E-state index in [1.165, 1.54) is 11.9 Å². The highest BCUT2D eigenvalue weighted by atomic mass is 35.5. The number of rotatable bonds is 5. The van der Waals surface area contributed by atoms with Gasteiger partial charge in [0.05, 0.1) is 16.9 Å². The Morgan fingerprint density at radius 3 is 2.93 bits per heavy atom. The van der Waals surface area contributed by atoms with Crippen molar-refractivity contribution in [3.8, 4) is 5.75 Å². The van der Waals surface area contributed by atoms with Crippen LogP contribution < -0.4 is 10.1 Å². The predicted octanol–water partition coefficient (Wildman–Crippen LogP) is 5.40. The van der Waals surface area contributed by atoms with Crippen molar-refractivity contribution in [1.82, 2.24) is 19.5 Å². The molecule has 0 aliphatic heterocycles. The number of nitrogens with zero attached hydrogens (tertiary/aromatic N) is 4. The lowest BCUT2D eigenvalue weighted by atomic mass is 10.1. The van der Waals surface area contributed by atoms with Crippen molar-refractivity contribution in [2.24, 2.45) is 0 Å². The average Bonchev–Trinajstić information content (AvgIpc) is 3.41. The van der Waals surface area contributed by atoms with Gasteiger partial charge in [-0.1, -0.05) is 17.7 Å². The van der Waals surface area contributed by atoms with Crippen LogP contribution in [0, 0.1) is 0 Å². The van der Waals surface area contributed by atoms with Gasteiger partial charge in [0.2, 0.25) is 0 Å². The van der Waals surface area contributed by atoms with E-state index < -0.39 is 0 Å². The second-order valence-electron chi connectivity index (χ2n) is 7.53. The first-order chi connectivity index (χ1) is 14.6. The molecule has 0 spiro atoms. The minimum atomic E-state index is -0.0139. The maximum Gasteiger partial charge on any atom is 0.145 e. The highest BCUT2D eigenvalue weighted by Crippen LogP contribution is 2.34. The molecule has 6 nitrogen and oxygen atoms in total. The lowest BCUT2D eigenvalue weighted by Gasteiger charge is -2.16. The molecule has 1 aliphatic carbocycles. The maximum absolute atomic E-state index is 6.27. The summed E-state index contributed by atoms with van der Waals surface area (Å²) in [5, 5.41) is 5.54. The quantitative estimate of drug-likeness (QED) is 0.346. The van der Waals surface area contributed by atoms with E-state index >= 15 is 0 Å². The fourth-order valence-electron chi connectivity index (χ4n) is 4.08. The summed E-state index contributed by atoms with van der Waals surface area (Å²) in [6, 6.07) is 12.3. The van der Waals surface area contributed by atoms with Crippen LogP contribution >= 0.6 is 11.6 Å². The van der Waals surface area contributed by atoms with Gasteiger partial charge in [-0.3, -0.25) is 0 Å². The molecule has 0 saturated carbocycles. The van der Waals surface area contributed by atoms with Gasteiger partial charge in [0.25, 0.3) is 0 Å². The normalized spacial score (nSPS) is 17.3. The zero-order valence-corrected chi connectivity index (χ0v) is 17.6. The molecule has 0 radical (unpaired) electrons. The van der Waals surface area contributed by atoms with Crippen LogP contribution in [0.3, 0.4) is 0 Å². The number of pyridine rings is 1. The number of halogens is 1. The molecule has 1 aromatic carbocycles. The van der Waals surface area contributed by atoms with Crippen LogP contribution in [0.15, 0.2) is 60.6 Å². The topological polar surface area (TPSA) is 64.9 Å².